The second kappa shape index (κ2) is 3.65. The van der Waals surface area contributed by atoms with Crippen LogP contribution in [-0.4, -0.2) is 14.5 Å². The molecular formula is C13H10NSe+. The molecule has 0 saturated carbocycles. The SMILES string of the molecule is c1ccc2cc(-[n+]3cc[se]c3)ccc2c1. The summed E-state index contributed by atoms with van der Waals surface area (Å²) < 4.78 is 2.20. The van der Waals surface area contributed by atoms with Crippen molar-refractivity contribution in [3.05, 3.63) is 58.7 Å². The normalized spacial score (nSPS) is 10.7. The van der Waals surface area contributed by atoms with Crippen molar-refractivity contribution >= 4 is 25.3 Å². The topological polar surface area (TPSA) is 3.88 Å². The Labute approximate surface area is 94.4 Å². The van der Waals surface area contributed by atoms with Crippen LogP contribution in [0, 0.1) is 0 Å². The first-order valence-corrected chi connectivity index (χ1v) is 6.84. The maximum absolute atomic E-state index is 2.25. The molecule has 0 amide bonds. The van der Waals surface area contributed by atoms with E-state index in [2.05, 4.69) is 63.2 Å². The van der Waals surface area contributed by atoms with Crippen LogP contribution in [0.2, 0.25) is 0 Å². The Hall–Kier alpha value is -1.37. The van der Waals surface area contributed by atoms with Gasteiger partial charge in [-0.15, -0.1) is 0 Å². The first-order chi connectivity index (χ1) is 7.43. The van der Waals surface area contributed by atoms with Crippen LogP contribution in [0.1, 0.15) is 0 Å². The van der Waals surface area contributed by atoms with E-state index < -0.39 is 0 Å². The second-order valence-corrected chi connectivity index (χ2v) is 5.05. The zero-order chi connectivity index (χ0) is 10.1. The summed E-state index contributed by atoms with van der Waals surface area (Å²) in [5, 5.41) is 4.85. The quantitative estimate of drug-likeness (QED) is 0.466. The molecule has 0 aliphatic carbocycles. The predicted molar refractivity (Wildman–Crippen MR) is 62.4 cm³/mol. The van der Waals surface area contributed by atoms with Gasteiger partial charge in [-0.3, -0.25) is 0 Å². The molecule has 1 aromatic heterocycles. The van der Waals surface area contributed by atoms with E-state index in [9.17, 15) is 0 Å². The third-order valence-electron chi connectivity index (χ3n) is 2.51. The number of rotatable bonds is 1. The Morgan fingerprint density at radius 3 is 2.60 bits per heavy atom. The van der Waals surface area contributed by atoms with Crippen LogP contribution in [0.15, 0.2) is 58.7 Å². The summed E-state index contributed by atoms with van der Waals surface area (Å²) in [7, 11) is 0. The third kappa shape index (κ3) is 1.63. The molecule has 0 radical (unpaired) electrons. The van der Waals surface area contributed by atoms with Crippen LogP contribution in [0.3, 0.4) is 0 Å². The molecule has 0 N–H and O–H groups in total. The monoisotopic (exact) mass is 260 g/mol. The fourth-order valence-electron chi connectivity index (χ4n) is 1.72. The fourth-order valence-corrected chi connectivity index (χ4v) is 2.97. The van der Waals surface area contributed by atoms with Crippen LogP contribution >= 0.6 is 0 Å². The zero-order valence-corrected chi connectivity index (χ0v) is 9.84. The van der Waals surface area contributed by atoms with Gasteiger partial charge in [-0.2, -0.15) is 0 Å². The van der Waals surface area contributed by atoms with Gasteiger partial charge in [0.2, 0.25) is 0 Å². The molecule has 72 valence electrons. The van der Waals surface area contributed by atoms with Crippen molar-refractivity contribution in [2.45, 2.75) is 0 Å². The van der Waals surface area contributed by atoms with E-state index >= 15 is 0 Å². The van der Waals surface area contributed by atoms with E-state index in [4.69, 9.17) is 0 Å². The van der Waals surface area contributed by atoms with Gasteiger partial charge in [0, 0.05) is 0 Å². The van der Waals surface area contributed by atoms with Gasteiger partial charge in [0.05, 0.1) is 0 Å². The molecule has 15 heavy (non-hydrogen) atoms. The molecule has 3 rings (SSSR count). The van der Waals surface area contributed by atoms with Crippen molar-refractivity contribution < 1.29 is 4.57 Å². The van der Waals surface area contributed by atoms with E-state index in [-0.39, 0.29) is 0 Å². The molecule has 3 aromatic rings. The summed E-state index contributed by atoms with van der Waals surface area (Å²) in [6, 6.07) is 15.0. The van der Waals surface area contributed by atoms with Gasteiger partial charge in [-0.1, -0.05) is 0 Å². The van der Waals surface area contributed by atoms with Crippen molar-refractivity contribution in [1.82, 2.24) is 0 Å². The van der Waals surface area contributed by atoms with Crippen LogP contribution in [0.4, 0.5) is 0 Å². The standard InChI is InChI=1S/C13H10NSe/c1-2-4-12-9-13(6-5-11(12)3-1)14-7-8-15-10-14/h1-10H/q+1. The molecule has 0 aliphatic rings. The van der Waals surface area contributed by atoms with Gasteiger partial charge >= 0.3 is 94.2 Å². The van der Waals surface area contributed by atoms with Crippen LogP contribution in [0.25, 0.3) is 16.5 Å². The van der Waals surface area contributed by atoms with Crippen molar-refractivity contribution in [1.29, 1.82) is 0 Å². The van der Waals surface area contributed by atoms with Crippen LogP contribution in [-0.2, 0) is 0 Å². The summed E-state index contributed by atoms with van der Waals surface area (Å²) in [5.41, 5.74) is 1.25. The molecule has 0 atom stereocenters. The average Bonchev–Trinajstić information content (AvgIpc) is 2.82. The van der Waals surface area contributed by atoms with Gasteiger partial charge in [0.25, 0.3) is 0 Å². The number of hydrogen-bond acceptors (Lipinski definition) is 0. The minimum absolute atomic E-state index is 0.533. The van der Waals surface area contributed by atoms with Crippen molar-refractivity contribution in [3.8, 4) is 5.69 Å². The zero-order valence-electron chi connectivity index (χ0n) is 8.13. The number of hydrogen-bond donors (Lipinski definition) is 0. The number of aromatic nitrogens is 1. The maximum atomic E-state index is 2.25. The van der Waals surface area contributed by atoms with Crippen molar-refractivity contribution in [2.75, 3.05) is 0 Å². The molecule has 0 aliphatic heterocycles. The van der Waals surface area contributed by atoms with Gasteiger partial charge in [0.15, 0.2) is 0 Å². The molecular weight excluding hydrogens is 249 g/mol. The average molecular weight is 259 g/mol. The first-order valence-electron chi connectivity index (χ1n) is 4.86. The van der Waals surface area contributed by atoms with Crippen LogP contribution < -0.4 is 4.57 Å². The van der Waals surface area contributed by atoms with E-state index in [0.717, 1.165) is 0 Å². The Morgan fingerprint density at radius 1 is 0.933 bits per heavy atom. The molecule has 0 saturated heterocycles. The van der Waals surface area contributed by atoms with Gasteiger partial charge in [-0.05, 0) is 0 Å². The molecule has 0 bridgehead atoms. The van der Waals surface area contributed by atoms with Gasteiger partial charge < -0.3 is 0 Å². The molecule has 0 unspecified atom stereocenters. The Bertz CT molecular complexity index is 584. The van der Waals surface area contributed by atoms with Gasteiger partial charge in [0.1, 0.15) is 0 Å². The molecule has 1 nitrogen and oxygen atoms in total. The van der Waals surface area contributed by atoms with Crippen molar-refractivity contribution in [3.63, 3.8) is 0 Å². The van der Waals surface area contributed by atoms with E-state index in [0.29, 0.717) is 14.5 Å². The number of nitrogens with zero attached hydrogens (tertiary/aromatic N) is 1. The van der Waals surface area contributed by atoms with E-state index in [1.807, 2.05) is 0 Å². The molecule has 1 heterocycles. The summed E-state index contributed by atoms with van der Waals surface area (Å²) in [5.74, 6) is 0. The number of benzene rings is 2. The number of fused-ring (bicyclic) bond motifs is 1. The Morgan fingerprint density at radius 2 is 1.80 bits per heavy atom. The second-order valence-electron chi connectivity index (χ2n) is 3.47. The fraction of sp³-hybridized carbons (Fsp3) is 0. The summed E-state index contributed by atoms with van der Waals surface area (Å²) in [6.45, 7) is 0. The van der Waals surface area contributed by atoms with E-state index in [1.165, 1.54) is 16.5 Å². The summed E-state index contributed by atoms with van der Waals surface area (Å²) in [4.78, 5) is 2.22. The van der Waals surface area contributed by atoms with Crippen LogP contribution in [0.5, 0.6) is 0 Å². The Kier molecular flexibility index (Phi) is 2.17. The van der Waals surface area contributed by atoms with Crippen molar-refractivity contribution in [2.24, 2.45) is 0 Å². The van der Waals surface area contributed by atoms with E-state index in [1.54, 1.807) is 0 Å². The third-order valence-corrected chi connectivity index (χ3v) is 3.82. The summed E-state index contributed by atoms with van der Waals surface area (Å²) in [6.07, 6.45) is 2.14. The minimum atomic E-state index is 0.533. The molecule has 0 fully saturated rings. The Balaban J connectivity index is 2.22. The summed E-state index contributed by atoms with van der Waals surface area (Å²) >= 11 is 0.533. The molecule has 0 spiro atoms. The predicted octanol–water partition coefficient (Wildman–Crippen LogP) is 2.17. The van der Waals surface area contributed by atoms with Gasteiger partial charge in [-0.25, -0.2) is 0 Å². The first kappa shape index (κ1) is 8.90. The molecule has 2 heteroatoms. The molecule has 2 aromatic carbocycles.